The van der Waals surface area contributed by atoms with Gasteiger partial charge in [-0.05, 0) is 138 Å². The molecular weight excluding hydrogens is 1890 g/mol. The molecule has 1 aromatic carbocycles. The largest absolute Gasteiger partial charge is 0.464 e. The number of nitrogens with two attached hydrogens (primary N) is 1. The molecule has 12 heterocycles. The lowest BCUT2D eigenvalue weighted by molar-refractivity contribution is -0.292. The van der Waals surface area contributed by atoms with Crippen LogP contribution in [0.4, 0.5) is 15.3 Å². The summed E-state index contributed by atoms with van der Waals surface area (Å²) >= 11 is 0. The number of methoxy groups -OCH3 is 1. The summed E-state index contributed by atoms with van der Waals surface area (Å²) in [6.45, 7) is 14.5. The molecule has 12 bridgehead atoms. The minimum absolute atomic E-state index is 0.00630. The van der Waals surface area contributed by atoms with E-state index in [9.17, 15) is 76.8 Å². The third-order valence-electron chi connectivity index (χ3n) is 27.6. The first-order valence-electron chi connectivity index (χ1n) is 49.8. The second-order valence-electron chi connectivity index (χ2n) is 39.1. The van der Waals surface area contributed by atoms with Gasteiger partial charge >= 0.3 is 25.7 Å². The van der Waals surface area contributed by atoms with Gasteiger partial charge in [0.25, 0.3) is 11.8 Å². The Hall–Kier alpha value is -9.43. The fourth-order valence-corrected chi connectivity index (χ4v) is 20.6. The lowest BCUT2D eigenvalue weighted by Crippen LogP contribution is -2.61. The van der Waals surface area contributed by atoms with Gasteiger partial charge in [-0.15, -0.1) is 0 Å². The van der Waals surface area contributed by atoms with Crippen molar-refractivity contribution in [3.8, 4) is 0 Å². The molecular formula is C96H144N13O33P. The lowest BCUT2D eigenvalue weighted by atomic mass is 9.81. The van der Waals surface area contributed by atoms with Crippen LogP contribution in [-0.2, 0) is 140 Å². The molecule has 143 heavy (non-hydrogen) atoms. The Morgan fingerprint density at radius 3 is 1.97 bits per heavy atom. The number of cyclic esters (lactones) is 1. The Bertz CT molecular complexity index is 4650. The number of nitrogens with zero attached hydrogens (tertiary/aromatic N) is 2. The van der Waals surface area contributed by atoms with Gasteiger partial charge in [-0.1, -0.05) is 46.1 Å². The van der Waals surface area contributed by atoms with E-state index < -0.39 is 213 Å². The van der Waals surface area contributed by atoms with Crippen LogP contribution < -0.4 is 58.9 Å². The first-order valence-corrected chi connectivity index (χ1v) is 51.6. The smallest absolute Gasteiger partial charge is 0.407 e. The number of unbranched alkanes of at least 4 members (excludes halogenated alkanes) is 1. The van der Waals surface area contributed by atoms with Crippen LogP contribution in [0.3, 0.4) is 0 Å². The Labute approximate surface area is 830 Å². The summed E-state index contributed by atoms with van der Waals surface area (Å²) < 4.78 is 105. The van der Waals surface area contributed by atoms with Gasteiger partial charge in [-0.25, -0.2) is 14.4 Å². The van der Waals surface area contributed by atoms with E-state index in [-0.39, 0.29) is 203 Å². The van der Waals surface area contributed by atoms with Crippen molar-refractivity contribution in [1.29, 1.82) is 0 Å². The fourth-order valence-electron chi connectivity index (χ4n) is 20.1. The molecule has 46 nitrogen and oxygen atoms in total. The zero-order chi connectivity index (χ0) is 103. The highest BCUT2D eigenvalue weighted by atomic mass is 31.2. The van der Waals surface area contributed by atoms with Crippen molar-refractivity contribution in [1.82, 2.24) is 57.7 Å². The Morgan fingerprint density at radius 2 is 1.27 bits per heavy atom. The number of hydrogen-bond acceptors (Lipinski definition) is 32. The maximum Gasteiger partial charge on any atom is 0.407 e. The number of hydrogen-bond donors (Lipinski definition) is 14. The van der Waals surface area contributed by atoms with Crippen LogP contribution in [0.25, 0.3) is 0 Å². The number of aliphatic hydroxyl groups is 1. The topological polar surface area (TPSA) is 608 Å². The molecule has 11 saturated heterocycles. The summed E-state index contributed by atoms with van der Waals surface area (Å²) in [5, 5.41) is 37.6. The number of imide groups is 1. The summed E-state index contributed by atoms with van der Waals surface area (Å²) in [6, 6.07) is -2.93. The number of aliphatic hydroxyl groups excluding tert-OH is 1. The second-order valence-corrected chi connectivity index (χ2v) is 40.9. The number of primary amides is 1. The average molecular weight is 2040 g/mol. The number of Topliss-reactive ketones (excluding diaryl/α,β-unsaturated/α-hetero) is 1. The zero-order valence-electron chi connectivity index (χ0n) is 82.2. The molecule has 12 aliphatic heterocycles. The Morgan fingerprint density at radius 1 is 0.615 bits per heavy atom. The molecule has 1 spiro atoms. The number of alkyl carbamates (subject to hydrolysis) is 1. The normalized spacial score (nSPS) is 28.9. The molecule has 15 N–H and O–H groups in total. The molecule has 13 amide bonds. The van der Waals surface area contributed by atoms with Gasteiger partial charge in [0.05, 0.1) is 139 Å². The molecule has 0 aromatic heterocycles. The second kappa shape index (κ2) is 53.8. The third-order valence-corrected chi connectivity index (χ3v) is 28.4. The molecule has 0 radical (unpaired) electrons. The minimum atomic E-state index is -4.49. The highest BCUT2D eigenvalue weighted by Crippen LogP contribution is 2.55. The number of carbonyl (C=O) groups is 14. The van der Waals surface area contributed by atoms with Crippen molar-refractivity contribution < 1.29 is 158 Å². The van der Waals surface area contributed by atoms with Crippen molar-refractivity contribution in [3.63, 3.8) is 0 Å². The number of urea groups is 1. The monoisotopic (exact) mass is 2040 g/mol. The summed E-state index contributed by atoms with van der Waals surface area (Å²) in [6.07, 6.45) is 0.161. The van der Waals surface area contributed by atoms with E-state index in [4.69, 9.17) is 86.6 Å². The van der Waals surface area contributed by atoms with Crippen LogP contribution in [0.2, 0.25) is 0 Å². The number of anilines is 1. The number of benzene rings is 1. The molecule has 11 fully saturated rings. The summed E-state index contributed by atoms with van der Waals surface area (Å²) in [5.41, 5.74) is 8.07. The van der Waals surface area contributed by atoms with Crippen molar-refractivity contribution in [3.05, 3.63) is 66.3 Å². The molecule has 25 atom stereocenters. The molecule has 12 aliphatic rings. The number of ketones is 1. The van der Waals surface area contributed by atoms with Gasteiger partial charge in [0.1, 0.15) is 79.2 Å². The SMILES string of the molecule is C=C1C[C@@H]2CC[C@@]34C[C@H]5O[C@H]6[C@@H](O3)[C@H]3O[C@H](CC[C@@H]3O[C@H]6[C@H]5O4)CC(=O)C[C@@H]3[C@@H](OC)[C@@H](C[C@H](O)CNC(=O)OCc4ccc(NC(=O)[C@H](CCCNC(N)=O)NC(=O)[C@@H](NC(=O)[C@H](CC(=O)N[C@H]5CCOC5=O)NC(=O)[C@H](CCCCN(C)C)NC(=O)CCOCCOCCOCCOCCNC(=O)[C@H](CNC(=O)CCP(=O)(O)O)N5C(=O)C=CC5=O)C(C)C)cc4)O[C@H]3C[C@H]3O[C@@H](CC[C@@H]1O2)C[C@@H](C)C3=C. The van der Waals surface area contributed by atoms with Crippen LogP contribution in [-0.4, -0.2) is 367 Å². The summed E-state index contributed by atoms with van der Waals surface area (Å²) in [5.74, 6) is -10.8. The van der Waals surface area contributed by atoms with Crippen LogP contribution >= 0.6 is 7.60 Å². The van der Waals surface area contributed by atoms with Crippen molar-refractivity contribution in [2.45, 2.75) is 308 Å². The van der Waals surface area contributed by atoms with E-state index in [0.29, 0.717) is 68.4 Å². The third kappa shape index (κ3) is 33.0. The van der Waals surface area contributed by atoms with Crippen LogP contribution in [0.1, 0.15) is 168 Å². The van der Waals surface area contributed by atoms with Gasteiger partial charge in [0.2, 0.25) is 47.3 Å². The first-order chi connectivity index (χ1) is 68.3. The quantitative estimate of drug-likeness (QED) is 0.0139. The van der Waals surface area contributed by atoms with Gasteiger partial charge in [0, 0.05) is 115 Å². The van der Waals surface area contributed by atoms with Gasteiger partial charge < -0.3 is 150 Å². The molecule has 47 heteroatoms. The Balaban J connectivity index is 0.595. The van der Waals surface area contributed by atoms with E-state index in [1.807, 2.05) is 19.0 Å². The van der Waals surface area contributed by atoms with E-state index >= 15 is 0 Å². The molecule has 0 aliphatic carbocycles. The number of rotatable bonds is 51. The van der Waals surface area contributed by atoms with E-state index in [0.717, 1.165) is 49.0 Å². The summed E-state index contributed by atoms with van der Waals surface area (Å²) in [7, 11) is 0.793. The predicted octanol–water partition coefficient (Wildman–Crippen LogP) is 0.492. The number of fused-ring (bicyclic) bond motifs is 6. The van der Waals surface area contributed by atoms with Gasteiger partial charge in [-0.3, -0.25) is 62.2 Å². The average Bonchev–Trinajstić information content (AvgIpc) is 1.54. The van der Waals surface area contributed by atoms with Crippen molar-refractivity contribution in [2.24, 2.45) is 23.5 Å². The predicted molar refractivity (Wildman–Crippen MR) is 505 cm³/mol. The lowest BCUT2D eigenvalue weighted by Gasteiger charge is -2.47. The van der Waals surface area contributed by atoms with Gasteiger partial charge in [-0.2, -0.15) is 0 Å². The molecule has 0 saturated carbocycles. The number of carbonyl (C=O) groups excluding carboxylic acids is 14. The van der Waals surface area contributed by atoms with E-state index in [1.165, 1.54) is 12.1 Å². The number of amides is 13. The first kappa shape index (κ1) is 112. The molecule has 796 valence electrons. The molecule has 1 aromatic rings. The standard InChI is InChI=1S/C96H144N13O33P/c1-53(2)81(107-90(119)68(47-78(114)104-67-25-33-133-93(67)122)106-89(118)65(12-9-10-31-108(6)7)103-77(113)26-32-129-35-37-131-39-40-132-38-36-130-34-30-98-91(120)69(109-79(115)22-23-80(109)116)51-100-76(112)27-41-143(125,126)127)92(121)105-66(13-11-29-99-94(97)123)88(117)102-58-16-14-57(15-17-58)52-134-95(124)101-50-60(111)46-74-82(128-8)64-45-59(110)44-62-19-21-71-83(137-62)87-86-85(139-71)84-75(140-86)49-96(141-84,142-87)28-24-63-43-55(4)70(135-63)20-18-61-42-54(3)56(5)72(136-61)48-73(64)138-74/h14-17,22-23,53-54,60-75,81-87,111H,4-5,9-13,18-21,24-52H2,1-3,6-8H3,(H,98,120)(H,100,112)(H,101,124)(H,102,117)(H,103,113)(H,104,114)(H,105,121)(H,106,118)(H,107,119)(H3,97,99,123)(H2,125,126,127)/t54-,60+,61+,62-,63+,64+,65+,66+,67+,68+,69+,70+,71+,72-,73+,74-,75-,81+,82-,83+,84+,85+,86-,87+,96+/m1/s1. The van der Waals surface area contributed by atoms with Crippen molar-refractivity contribution in [2.75, 3.05) is 125 Å². The van der Waals surface area contributed by atoms with Gasteiger partial charge in [0.15, 0.2) is 5.79 Å². The molecule has 13 rings (SSSR count). The number of esters is 1. The maximum atomic E-state index is 14.7. The number of nitrogens with one attached hydrogen (secondary N) is 10. The highest BCUT2D eigenvalue weighted by Gasteiger charge is 2.69. The Kier molecular flexibility index (Phi) is 42.2. The van der Waals surface area contributed by atoms with E-state index in [1.54, 1.807) is 33.1 Å². The van der Waals surface area contributed by atoms with Crippen LogP contribution in [0.5, 0.6) is 0 Å². The number of ether oxygens (including phenoxy) is 15. The van der Waals surface area contributed by atoms with Crippen LogP contribution in [0.15, 0.2) is 60.7 Å². The van der Waals surface area contributed by atoms with Crippen LogP contribution in [0, 0.1) is 17.8 Å². The molecule has 0 unspecified atom stereocenters. The highest BCUT2D eigenvalue weighted by molar-refractivity contribution is 7.51. The zero-order valence-corrected chi connectivity index (χ0v) is 83.1. The minimum Gasteiger partial charge on any atom is -0.464 e. The van der Waals surface area contributed by atoms with E-state index in [2.05, 4.69) is 73.2 Å². The van der Waals surface area contributed by atoms with Crippen molar-refractivity contribution >= 4 is 96.2 Å². The summed E-state index contributed by atoms with van der Waals surface area (Å²) in [4.78, 5) is 209. The fraction of sp³-hybridized carbons (Fsp3) is 0.729. The maximum absolute atomic E-state index is 14.7.